The zero-order valence-corrected chi connectivity index (χ0v) is 22.7. The summed E-state index contributed by atoms with van der Waals surface area (Å²) in [6.45, 7) is 5.02. The van der Waals surface area contributed by atoms with Crippen LogP contribution < -0.4 is 10.0 Å². The van der Waals surface area contributed by atoms with Crippen molar-refractivity contribution in [1.29, 1.82) is 0 Å². The molecule has 1 aliphatic carbocycles. The Balaban J connectivity index is 1.47. The predicted molar refractivity (Wildman–Crippen MR) is 143 cm³/mol. The van der Waals surface area contributed by atoms with Gasteiger partial charge in [-0.05, 0) is 67.0 Å². The van der Waals surface area contributed by atoms with E-state index in [0.29, 0.717) is 37.9 Å². The van der Waals surface area contributed by atoms with Crippen molar-refractivity contribution < 1.29 is 22.4 Å². The fourth-order valence-electron chi connectivity index (χ4n) is 4.16. The van der Waals surface area contributed by atoms with Gasteiger partial charge in [0.25, 0.3) is 0 Å². The highest BCUT2D eigenvalue weighted by Gasteiger charge is 2.20. The van der Waals surface area contributed by atoms with Gasteiger partial charge >= 0.3 is 0 Å². The minimum atomic E-state index is -3.87. The molecule has 0 saturated carbocycles. The van der Waals surface area contributed by atoms with E-state index in [9.17, 15) is 22.4 Å². The molecule has 0 heterocycles. The number of nitrogens with zero attached hydrogens (tertiary/aromatic N) is 1. The molecule has 2 N–H and O–H groups in total. The van der Waals surface area contributed by atoms with Crippen molar-refractivity contribution >= 4 is 39.5 Å². The first-order valence-corrected chi connectivity index (χ1v) is 14.2. The first kappa shape index (κ1) is 28.8. The SMILES string of the molecule is CC(C)CN(CCCCNS(=O)(=O)c1ccc(F)cc1Cl)C(=O)CNC(=O)C1=Cc2ccccc2CC1. The van der Waals surface area contributed by atoms with Crippen LogP contribution in [0.2, 0.25) is 5.02 Å². The van der Waals surface area contributed by atoms with Crippen molar-refractivity contribution in [3.8, 4) is 0 Å². The lowest BCUT2D eigenvalue weighted by molar-refractivity contribution is -0.132. The van der Waals surface area contributed by atoms with Gasteiger partial charge in [-0.25, -0.2) is 17.5 Å². The molecule has 10 heteroatoms. The van der Waals surface area contributed by atoms with Crippen LogP contribution in [0.15, 0.2) is 52.9 Å². The Kier molecular flexibility index (Phi) is 10.3. The van der Waals surface area contributed by atoms with E-state index in [1.807, 2.05) is 38.1 Å². The fourth-order valence-corrected chi connectivity index (χ4v) is 5.76. The number of nitrogens with one attached hydrogen (secondary N) is 2. The van der Waals surface area contributed by atoms with Crippen LogP contribution in [0, 0.1) is 11.7 Å². The molecule has 1 aliphatic rings. The Morgan fingerprint density at radius 3 is 2.59 bits per heavy atom. The number of rotatable bonds is 12. The van der Waals surface area contributed by atoms with Gasteiger partial charge < -0.3 is 10.2 Å². The number of unbranched alkanes of at least 4 members (excludes halogenated alkanes) is 1. The smallest absolute Gasteiger partial charge is 0.247 e. The first-order chi connectivity index (χ1) is 17.6. The standard InChI is InChI=1S/C27H33ClFN3O4S/c1-19(2)18-32(14-6-5-13-31-37(35,36)25-12-11-23(29)16-24(25)28)26(33)17-30-27(34)22-10-9-20-7-3-4-8-21(20)15-22/h3-4,7-8,11-12,15-16,19,31H,5-6,9-10,13-14,17-18H2,1-2H3,(H,30,34). The maximum absolute atomic E-state index is 13.2. The number of carbonyl (C=O) groups excluding carboxylic acids is 2. The highest BCUT2D eigenvalue weighted by Crippen LogP contribution is 2.24. The predicted octanol–water partition coefficient (Wildman–Crippen LogP) is 4.17. The van der Waals surface area contributed by atoms with Crippen LogP contribution in [-0.4, -0.2) is 51.3 Å². The number of sulfonamides is 1. The maximum Gasteiger partial charge on any atom is 0.247 e. The van der Waals surface area contributed by atoms with E-state index >= 15 is 0 Å². The minimum Gasteiger partial charge on any atom is -0.343 e. The second-order valence-corrected chi connectivity index (χ2v) is 11.6. The molecule has 2 amide bonds. The lowest BCUT2D eigenvalue weighted by Crippen LogP contribution is -2.42. The van der Waals surface area contributed by atoms with Crippen LogP contribution in [0.25, 0.3) is 6.08 Å². The quantitative estimate of drug-likeness (QED) is 0.388. The number of fused-ring (bicyclic) bond motifs is 1. The van der Waals surface area contributed by atoms with Crippen molar-refractivity contribution in [3.63, 3.8) is 0 Å². The molecule has 0 fully saturated rings. The van der Waals surface area contributed by atoms with E-state index in [1.165, 1.54) is 5.56 Å². The highest BCUT2D eigenvalue weighted by molar-refractivity contribution is 7.89. The summed E-state index contributed by atoms with van der Waals surface area (Å²) >= 11 is 5.87. The Hall–Kier alpha value is -2.75. The molecule has 7 nitrogen and oxygen atoms in total. The third kappa shape index (κ3) is 8.38. The number of hydrogen-bond acceptors (Lipinski definition) is 4. The van der Waals surface area contributed by atoms with Gasteiger partial charge in [0.1, 0.15) is 10.7 Å². The number of amides is 2. The molecule has 0 unspecified atom stereocenters. The second-order valence-electron chi connectivity index (χ2n) is 9.46. The molecule has 200 valence electrons. The maximum atomic E-state index is 13.2. The van der Waals surface area contributed by atoms with Crippen LogP contribution in [-0.2, 0) is 26.0 Å². The fraction of sp³-hybridized carbons (Fsp3) is 0.407. The summed E-state index contributed by atoms with van der Waals surface area (Å²) in [7, 11) is -3.87. The van der Waals surface area contributed by atoms with Gasteiger partial charge in [-0.1, -0.05) is 49.7 Å². The monoisotopic (exact) mass is 549 g/mol. The molecule has 3 rings (SSSR count). The van der Waals surface area contributed by atoms with Crippen LogP contribution in [0.5, 0.6) is 0 Å². The van der Waals surface area contributed by atoms with Gasteiger partial charge in [0.2, 0.25) is 21.8 Å². The van der Waals surface area contributed by atoms with Crippen molar-refractivity contribution in [3.05, 3.63) is 70.0 Å². The van der Waals surface area contributed by atoms with Gasteiger partial charge in [-0.15, -0.1) is 0 Å². The van der Waals surface area contributed by atoms with Crippen molar-refractivity contribution in [2.45, 2.75) is 44.4 Å². The van der Waals surface area contributed by atoms with Crippen LogP contribution in [0.3, 0.4) is 0 Å². The molecule has 2 aromatic rings. The van der Waals surface area contributed by atoms with Gasteiger partial charge in [-0.3, -0.25) is 9.59 Å². The zero-order valence-electron chi connectivity index (χ0n) is 21.1. The summed E-state index contributed by atoms with van der Waals surface area (Å²) in [6.07, 6.45) is 4.35. The van der Waals surface area contributed by atoms with Crippen molar-refractivity contribution in [2.24, 2.45) is 5.92 Å². The second kappa shape index (κ2) is 13.2. The number of halogens is 2. The summed E-state index contributed by atoms with van der Waals surface area (Å²) in [5.74, 6) is -0.800. The van der Waals surface area contributed by atoms with Crippen LogP contribution in [0.4, 0.5) is 4.39 Å². The van der Waals surface area contributed by atoms with E-state index in [0.717, 1.165) is 30.2 Å². The Labute approximate surface area is 223 Å². The van der Waals surface area contributed by atoms with Gasteiger partial charge in [-0.2, -0.15) is 0 Å². The molecule has 0 aromatic heterocycles. The number of carbonyl (C=O) groups is 2. The molecular weight excluding hydrogens is 517 g/mol. The third-order valence-corrected chi connectivity index (χ3v) is 7.95. The number of aryl methyl sites for hydroxylation is 1. The van der Waals surface area contributed by atoms with Crippen molar-refractivity contribution in [1.82, 2.24) is 14.9 Å². The van der Waals surface area contributed by atoms with Gasteiger partial charge in [0, 0.05) is 25.2 Å². The van der Waals surface area contributed by atoms with E-state index < -0.39 is 15.8 Å². The average Bonchev–Trinajstić information content (AvgIpc) is 2.85. The normalized spacial score (nSPS) is 13.2. The highest BCUT2D eigenvalue weighted by atomic mass is 35.5. The average molecular weight is 550 g/mol. The Morgan fingerprint density at radius 1 is 1.11 bits per heavy atom. The van der Waals surface area contributed by atoms with Gasteiger partial charge in [0.15, 0.2) is 0 Å². The lowest BCUT2D eigenvalue weighted by atomic mass is 9.92. The molecule has 0 radical (unpaired) electrons. The van der Waals surface area contributed by atoms with E-state index in [2.05, 4.69) is 16.1 Å². The summed E-state index contributed by atoms with van der Waals surface area (Å²) < 4.78 is 40.5. The van der Waals surface area contributed by atoms with Gasteiger partial charge in [0.05, 0.1) is 11.6 Å². The largest absolute Gasteiger partial charge is 0.343 e. The molecule has 2 aromatic carbocycles. The van der Waals surface area contributed by atoms with E-state index in [4.69, 9.17) is 11.6 Å². The minimum absolute atomic E-state index is 0.0970. The molecule has 0 spiro atoms. The molecule has 0 aliphatic heterocycles. The van der Waals surface area contributed by atoms with E-state index in [-0.39, 0.29) is 40.7 Å². The molecule has 0 bridgehead atoms. The number of hydrogen-bond donors (Lipinski definition) is 2. The number of benzene rings is 2. The Bertz CT molecular complexity index is 1260. The van der Waals surface area contributed by atoms with E-state index in [1.54, 1.807) is 4.90 Å². The van der Waals surface area contributed by atoms with Crippen LogP contribution in [0.1, 0.15) is 44.2 Å². The molecule has 37 heavy (non-hydrogen) atoms. The van der Waals surface area contributed by atoms with Crippen LogP contribution >= 0.6 is 11.6 Å². The van der Waals surface area contributed by atoms with Crippen molar-refractivity contribution in [2.75, 3.05) is 26.2 Å². The summed E-state index contributed by atoms with van der Waals surface area (Å²) in [4.78, 5) is 27.1. The topological polar surface area (TPSA) is 95.6 Å². The Morgan fingerprint density at radius 2 is 1.86 bits per heavy atom. The lowest BCUT2D eigenvalue weighted by Gasteiger charge is -2.25. The first-order valence-electron chi connectivity index (χ1n) is 12.4. The summed E-state index contributed by atoms with van der Waals surface area (Å²) in [5, 5.41) is 2.57. The molecule has 0 atom stereocenters. The third-order valence-electron chi connectivity index (χ3n) is 6.01. The summed E-state index contributed by atoms with van der Waals surface area (Å²) in [5.41, 5.74) is 2.90. The zero-order chi connectivity index (χ0) is 27.0. The molecule has 0 saturated heterocycles. The molecular formula is C27H33ClFN3O4S. The summed E-state index contributed by atoms with van der Waals surface area (Å²) in [6, 6.07) is 11.1.